The molecule has 0 aromatic heterocycles. The Kier molecular flexibility index (Phi) is 5.51. The van der Waals surface area contributed by atoms with E-state index in [0.717, 1.165) is 16.5 Å². The predicted octanol–water partition coefficient (Wildman–Crippen LogP) is 2.86. The topological polar surface area (TPSA) is 20.2 Å². The highest BCUT2D eigenvalue weighted by Gasteiger charge is 2.04. The maximum Gasteiger partial charge on any atom is 0.0459 e. The summed E-state index contributed by atoms with van der Waals surface area (Å²) in [5, 5.41) is 8.76. The summed E-state index contributed by atoms with van der Waals surface area (Å²) in [7, 11) is 0. The Morgan fingerprint density at radius 1 is 1.73 bits per heavy atom. The van der Waals surface area contributed by atoms with Gasteiger partial charge in [-0.05, 0) is 24.8 Å². The van der Waals surface area contributed by atoms with Crippen molar-refractivity contribution in [3.63, 3.8) is 0 Å². The zero-order valence-corrected chi connectivity index (χ0v) is 8.69. The van der Waals surface area contributed by atoms with E-state index in [0.29, 0.717) is 5.92 Å². The van der Waals surface area contributed by atoms with E-state index in [2.05, 4.69) is 22.5 Å². The molecule has 0 fully saturated rings. The number of halogens is 1. The van der Waals surface area contributed by atoms with Crippen molar-refractivity contribution in [3.05, 3.63) is 22.7 Å². The summed E-state index contributed by atoms with van der Waals surface area (Å²) in [5.41, 5.74) is 1.05. The molecule has 0 spiro atoms. The maximum atomic E-state index is 8.76. The third kappa shape index (κ3) is 4.38. The predicted molar refractivity (Wildman–Crippen MR) is 52.7 cm³/mol. The van der Waals surface area contributed by atoms with Crippen LogP contribution in [0.1, 0.15) is 20.3 Å². The molecule has 0 aromatic carbocycles. The van der Waals surface area contributed by atoms with Gasteiger partial charge in [0.25, 0.3) is 0 Å². The average Bonchev–Trinajstić information content (AvgIpc) is 2.02. The summed E-state index contributed by atoms with van der Waals surface area (Å²) < 4.78 is 1.04. The Hall–Kier alpha value is -0.0800. The van der Waals surface area contributed by atoms with Crippen molar-refractivity contribution in [1.29, 1.82) is 0 Å². The molecule has 1 atom stereocenters. The van der Waals surface area contributed by atoms with Gasteiger partial charge in [0.05, 0.1) is 0 Å². The highest BCUT2D eigenvalue weighted by Crippen LogP contribution is 2.21. The zero-order valence-electron chi connectivity index (χ0n) is 7.10. The van der Waals surface area contributed by atoms with Crippen LogP contribution in [0.4, 0.5) is 0 Å². The molecule has 0 aliphatic rings. The number of aliphatic hydroxyl groups excluding tert-OH is 1. The van der Waals surface area contributed by atoms with Crippen LogP contribution in [0.3, 0.4) is 0 Å². The van der Waals surface area contributed by atoms with E-state index < -0.39 is 0 Å². The lowest BCUT2D eigenvalue weighted by atomic mass is 10.0. The van der Waals surface area contributed by atoms with Gasteiger partial charge in [-0.3, -0.25) is 0 Å². The normalized spacial score (nSPS) is 14.7. The molecule has 0 aliphatic carbocycles. The van der Waals surface area contributed by atoms with Crippen LogP contribution in [0.25, 0.3) is 0 Å². The first kappa shape index (κ1) is 10.9. The fourth-order valence-corrected chi connectivity index (χ4v) is 0.949. The molecule has 11 heavy (non-hydrogen) atoms. The molecule has 1 N–H and O–H groups in total. The van der Waals surface area contributed by atoms with Crippen molar-refractivity contribution < 1.29 is 5.11 Å². The van der Waals surface area contributed by atoms with Gasteiger partial charge in [0.15, 0.2) is 0 Å². The minimum absolute atomic E-state index is 0.225. The van der Waals surface area contributed by atoms with E-state index in [4.69, 9.17) is 5.11 Å². The maximum absolute atomic E-state index is 8.76. The molecular weight excluding hydrogens is 204 g/mol. The second kappa shape index (κ2) is 5.56. The van der Waals surface area contributed by atoms with E-state index in [1.807, 2.05) is 19.9 Å². The van der Waals surface area contributed by atoms with E-state index in [9.17, 15) is 0 Å². The number of hydrogen-bond donors (Lipinski definition) is 1. The Labute approximate surface area is 76.9 Å². The minimum Gasteiger partial charge on any atom is -0.396 e. The molecule has 0 saturated carbocycles. The highest BCUT2D eigenvalue weighted by molar-refractivity contribution is 9.12. The first-order valence-corrected chi connectivity index (χ1v) is 4.52. The molecule has 0 saturated heterocycles. The number of rotatable bonds is 4. The molecule has 0 heterocycles. The molecule has 0 bridgehead atoms. The third-order valence-corrected chi connectivity index (χ3v) is 2.52. The molecule has 64 valence electrons. The second-order valence-electron chi connectivity index (χ2n) is 2.73. The molecule has 0 amide bonds. The molecule has 0 rings (SSSR count). The largest absolute Gasteiger partial charge is 0.396 e. The number of aliphatic hydroxyl groups is 1. The van der Waals surface area contributed by atoms with Crippen molar-refractivity contribution in [2.24, 2.45) is 5.92 Å². The Balaban J connectivity index is 3.88. The monoisotopic (exact) mass is 218 g/mol. The Bertz CT molecular complexity index is 161. The quantitative estimate of drug-likeness (QED) is 0.721. The number of hydrogen-bond acceptors (Lipinski definition) is 1. The Morgan fingerprint density at radius 3 is 2.64 bits per heavy atom. The molecule has 2 heteroatoms. The molecule has 0 aromatic rings. The fraction of sp³-hybridized carbons (Fsp3) is 0.556. The average molecular weight is 219 g/mol. The van der Waals surface area contributed by atoms with Crippen molar-refractivity contribution in [2.75, 3.05) is 6.61 Å². The van der Waals surface area contributed by atoms with Crippen LogP contribution < -0.4 is 0 Å². The zero-order chi connectivity index (χ0) is 8.85. The summed E-state index contributed by atoms with van der Waals surface area (Å²) in [4.78, 5) is 0. The van der Waals surface area contributed by atoms with Gasteiger partial charge in [-0.25, -0.2) is 0 Å². The van der Waals surface area contributed by atoms with E-state index in [1.165, 1.54) is 0 Å². The standard InChI is InChI=1S/C9H15BrO/c1-4-9(10)8(3)5-7(2)6-11/h4,7,11H,3,5-6H2,1-2H3/b9-4+. The van der Waals surface area contributed by atoms with Crippen LogP contribution in [0.15, 0.2) is 22.7 Å². The van der Waals surface area contributed by atoms with Crippen molar-refractivity contribution in [1.82, 2.24) is 0 Å². The van der Waals surface area contributed by atoms with Gasteiger partial charge in [-0.15, -0.1) is 0 Å². The first-order chi connectivity index (χ1) is 5.11. The van der Waals surface area contributed by atoms with Gasteiger partial charge in [-0.2, -0.15) is 0 Å². The molecule has 1 nitrogen and oxygen atoms in total. The number of allylic oxidation sites excluding steroid dienone is 3. The van der Waals surface area contributed by atoms with Crippen molar-refractivity contribution >= 4 is 15.9 Å². The lowest BCUT2D eigenvalue weighted by Crippen LogP contribution is -2.01. The minimum atomic E-state index is 0.225. The van der Waals surface area contributed by atoms with E-state index in [1.54, 1.807) is 0 Å². The van der Waals surface area contributed by atoms with Crippen LogP contribution in [0.2, 0.25) is 0 Å². The van der Waals surface area contributed by atoms with Crippen molar-refractivity contribution in [2.45, 2.75) is 20.3 Å². The summed E-state index contributed by atoms with van der Waals surface area (Å²) in [5.74, 6) is 0.301. The molecule has 1 unspecified atom stereocenters. The smallest absolute Gasteiger partial charge is 0.0459 e. The summed E-state index contributed by atoms with van der Waals surface area (Å²) in [6, 6.07) is 0. The fourth-order valence-electron chi connectivity index (χ4n) is 0.787. The van der Waals surface area contributed by atoms with Gasteiger partial charge >= 0.3 is 0 Å². The first-order valence-electron chi connectivity index (χ1n) is 3.72. The summed E-state index contributed by atoms with van der Waals surface area (Å²) >= 11 is 3.38. The van der Waals surface area contributed by atoms with Crippen LogP contribution >= 0.6 is 15.9 Å². The van der Waals surface area contributed by atoms with Gasteiger partial charge < -0.3 is 5.11 Å². The van der Waals surface area contributed by atoms with Crippen LogP contribution in [-0.2, 0) is 0 Å². The summed E-state index contributed by atoms with van der Waals surface area (Å²) in [6.07, 6.45) is 2.81. The summed E-state index contributed by atoms with van der Waals surface area (Å²) in [6.45, 7) is 8.07. The van der Waals surface area contributed by atoms with Gasteiger partial charge in [-0.1, -0.05) is 35.5 Å². The second-order valence-corrected chi connectivity index (χ2v) is 3.59. The van der Waals surface area contributed by atoms with E-state index >= 15 is 0 Å². The Morgan fingerprint density at radius 2 is 2.27 bits per heavy atom. The molecule has 0 radical (unpaired) electrons. The van der Waals surface area contributed by atoms with E-state index in [-0.39, 0.29) is 6.61 Å². The lowest BCUT2D eigenvalue weighted by molar-refractivity contribution is 0.237. The van der Waals surface area contributed by atoms with Gasteiger partial charge in [0.1, 0.15) is 0 Å². The lowest BCUT2D eigenvalue weighted by Gasteiger charge is -2.09. The van der Waals surface area contributed by atoms with Gasteiger partial charge in [0.2, 0.25) is 0 Å². The third-order valence-electron chi connectivity index (χ3n) is 1.50. The highest BCUT2D eigenvalue weighted by atomic mass is 79.9. The van der Waals surface area contributed by atoms with Crippen LogP contribution in [0, 0.1) is 5.92 Å². The van der Waals surface area contributed by atoms with Crippen LogP contribution in [0.5, 0.6) is 0 Å². The van der Waals surface area contributed by atoms with Crippen LogP contribution in [-0.4, -0.2) is 11.7 Å². The SMILES string of the molecule is C=C(CC(C)CO)/C(Br)=C\C. The van der Waals surface area contributed by atoms with Gasteiger partial charge in [0, 0.05) is 11.1 Å². The molecular formula is C9H15BrO. The van der Waals surface area contributed by atoms with Crippen molar-refractivity contribution in [3.8, 4) is 0 Å². The molecule has 0 aliphatic heterocycles.